The highest BCUT2D eigenvalue weighted by atomic mass is 16.6. The van der Waals surface area contributed by atoms with Crippen molar-refractivity contribution in [2.75, 3.05) is 13.7 Å². The van der Waals surface area contributed by atoms with E-state index in [0.717, 1.165) is 0 Å². The third-order valence-electron chi connectivity index (χ3n) is 5.05. The fourth-order valence-electron chi connectivity index (χ4n) is 3.35. The predicted octanol–water partition coefficient (Wildman–Crippen LogP) is 1.66. The van der Waals surface area contributed by atoms with Crippen LogP contribution in [0.3, 0.4) is 0 Å². The lowest BCUT2D eigenvalue weighted by Crippen LogP contribution is -2.45. The SMILES string of the molecule is COCCc1cc(O)c(C)c2c1C(=O)OC1=C(C)C(=O)[C@@H](O)[C@@H](C)[C@H]1O2. The number of fused-ring (bicyclic) bond motifs is 2. The fourth-order valence-corrected chi connectivity index (χ4v) is 3.35. The van der Waals surface area contributed by atoms with Gasteiger partial charge in [-0.15, -0.1) is 0 Å². The molecule has 3 atom stereocenters. The second-order valence-electron chi connectivity index (χ2n) is 6.71. The first-order valence-electron chi connectivity index (χ1n) is 8.44. The molecule has 1 aromatic rings. The van der Waals surface area contributed by atoms with Crippen LogP contribution in [-0.2, 0) is 20.7 Å². The quantitative estimate of drug-likeness (QED) is 0.789. The number of aliphatic hydroxyl groups is 1. The summed E-state index contributed by atoms with van der Waals surface area (Å²) in [7, 11) is 1.54. The van der Waals surface area contributed by atoms with Gasteiger partial charge in [-0.1, -0.05) is 6.92 Å². The zero-order chi connectivity index (χ0) is 19.2. The maximum Gasteiger partial charge on any atom is 0.347 e. The normalized spacial score (nSPS) is 25.2. The van der Waals surface area contributed by atoms with Crippen LogP contribution in [0.2, 0.25) is 0 Å². The largest absolute Gasteiger partial charge is 0.508 e. The molecule has 1 heterocycles. The van der Waals surface area contributed by atoms with Crippen LogP contribution in [0.5, 0.6) is 11.5 Å². The van der Waals surface area contributed by atoms with E-state index in [2.05, 4.69) is 0 Å². The number of hydrogen-bond donors (Lipinski definition) is 2. The Morgan fingerprint density at radius 3 is 2.62 bits per heavy atom. The lowest BCUT2D eigenvalue weighted by Gasteiger charge is -2.33. The van der Waals surface area contributed by atoms with Gasteiger partial charge in [0.25, 0.3) is 0 Å². The van der Waals surface area contributed by atoms with E-state index in [9.17, 15) is 19.8 Å². The van der Waals surface area contributed by atoms with Crippen molar-refractivity contribution in [2.45, 2.75) is 39.4 Å². The Bertz CT molecular complexity index is 809. The molecule has 0 saturated carbocycles. The lowest BCUT2D eigenvalue weighted by molar-refractivity contribution is -0.129. The highest BCUT2D eigenvalue weighted by Crippen LogP contribution is 2.42. The van der Waals surface area contributed by atoms with Crippen LogP contribution in [0.25, 0.3) is 0 Å². The number of benzene rings is 1. The lowest BCUT2D eigenvalue weighted by atomic mass is 9.84. The molecule has 2 N–H and O–H groups in total. The van der Waals surface area contributed by atoms with Gasteiger partial charge in [0.05, 0.1) is 6.61 Å². The number of carbonyl (C=O) groups excluding carboxylic acids is 2. The van der Waals surface area contributed by atoms with Gasteiger partial charge in [-0.2, -0.15) is 0 Å². The first-order chi connectivity index (χ1) is 12.3. The van der Waals surface area contributed by atoms with Gasteiger partial charge in [0, 0.05) is 24.2 Å². The Morgan fingerprint density at radius 1 is 1.27 bits per heavy atom. The third kappa shape index (κ3) is 2.77. The van der Waals surface area contributed by atoms with Crippen LogP contribution < -0.4 is 4.74 Å². The number of ketones is 1. The van der Waals surface area contributed by atoms with Crippen LogP contribution in [0.1, 0.15) is 35.3 Å². The van der Waals surface area contributed by atoms with E-state index in [-0.39, 0.29) is 28.4 Å². The Kier molecular flexibility index (Phi) is 4.77. The van der Waals surface area contributed by atoms with E-state index in [1.165, 1.54) is 13.0 Å². The van der Waals surface area contributed by atoms with Crippen molar-refractivity contribution >= 4 is 11.8 Å². The number of rotatable bonds is 3. The molecule has 3 rings (SSSR count). The van der Waals surface area contributed by atoms with E-state index in [0.29, 0.717) is 24.2 Å². The number of aliphatic hydroxyl groups excluding tert-OH is 1. The number of phenolic OH excluding ortho intramolecular Hbond substituents is 1. The number of aromatic hydroxyl groups is 1. The van der Waals surface area contributed by atoms with E-state index in [1.54, 1.807) is 21.0 Å². The van der Waals surface area contributed by atoms with Crippen molar-refractivity contribution in [3.63, 3.8) is 0 Å². The van der Waals surface area contributed by atoms with E-state index < -0.39 is 29.9 Å². The zero-order valence-corrected chi connectivity index (χ0v) is 15.2. The average Bonchev–Trinajstić information content (AvgIpc) is 2.77. The second-order valence-corrected chi connectivity index (χ2v) is 6.71. The molecule has 0 fully saturated rings. The Labute approximate surface area is 151 Å². The molecule has 0 saturated heterocycles. The van der Waals surface area contributed by atoms with Crippen LogP contribution in [0.15, 0.2) is 17.4 Å². The number of methoxy groups -OCH3 is 1. The molecule has 26 heavy (non-hydrogen) atoms. The van der Waals surface area contributed by atoms with Gasteiger partial charge >= 0.3 is 5.97 Å². The summed E-state index contributed by atoms with van der Waals surface area (Å²) in [5.74, 6) is -1.42. The van der Waals surface area contributed by atoms with E-state index in [1.807, 2.05) is 0 Å². The molecular weight excluding hydrogens is 340 g/mol. The molecule has 0 amide bonds. The van der Waals surface area contributed by atoms with Gasteiger partial charge < -0.3 is 24.4 Å². The first-order valence-corrected chi connectivity index (χ1v) is 8.44. The maximum atomic E-state index is 12.8. The van der Waals surface area contributed by atoms with Crippen LogP contribution >= 0.6 is 0 Å². The molecule has 0 unspecified atom stereocenters. The summed E-state index contributed by atoms with van der Waals surface area (Å²) in [6, 6.07) is 1.50. The number of phenols is 1. The number of ether oxygens (including phenoxy) is 3. The number of esters is 1. The summed E-state index contributed by atoms with van der Waals surface area (Å²) >= 11 is 0. The number of carbonyl (C=O) groups is 2. The number of hydrogen-bond acceptors (Lipinski definition) is 7. The minimum Gasteiger partial charge on any atom is -0.508 e. The molecule has 7 nitrogen and oxygen atoms in total. The summed E-state index contributed by atoms with van der Waals surface area (Å²) in [4.78, 5) is 25.0. The van der Waals surface area contributed by atoms with Gasteiger partial charge in [-0.05, 0) is 31.9 Å². The molecule has 1 aromatic carbocycles. The van der Waals surface area contributed by atoms with Gasteiger partial charge in [0.1, 0.15) is 23.2 Å². The smallest absolute Gasteiger partial charge is 0.347 e. The van der Waals surface area contributed by atoms with Crippen molar-refractivity contribution in [3.8, 4) is 11.5 Å². The van der Waals surface area contributed by atoms with E-state index >= 15 is 0 Å². The maximum absolute atomic E-state index is 12.8. The van der Waals surface area contributed by atoms with Crippen molar-refractivity contribution in [2.24, 2.45) is 5.92 Å². The first kappa shape index (κ1) is 18.4. The van der Waals surface area contributed by atoms with Crippen molar-refractivity contribution in [1.29, 1.82) is 0 Å². The van der Waals surface area contributed by atoms with Crippen LogP contribution in [-0.4, -0.2) is 47.9 Å². The molecule has 140 valence electrons. The molecule has 2 aliphatic rings. The van der Waals surface area contributed by atoms with Crippen molar-refractivity contribution in [3.05, 3.63) is 34.1 Å². The van der Waals surface area contributed by atoms with Gasteiger partial charge in [-0.3, -0.25) is 4.79 Å². The Hall–Kier alpha value is -2.38. The highest BCUT2D eigenvalue weighted by Gasteiger charge is 2.45. The predicted molar refractivity (Wildman–Crippen MR) is 91.1 cm³/mol. The fraction of sp³-hybridized carbons (Fsp3) is 0.474. The van der Waals surface area contributed by atoms with Crippen molar-refractivity contribution in [1.82, 2.24) is 0 Å². The minimum atomic E-state index is -1.24. The molecule has 0 spiro atoms. The summed E-state index contributed by atoms with van der Waals surface area (Å²) < 4.78 is 16.6. The standard InChI is InChI=1S/C19H22O7/c1-8-12(20)7-11(5-6-24-4)13-16(8)25-17-9(2)14(21)15(22)10(3)18(17)26-19(13)23/h7,9,14,17,20-21H,5-6H2,1-4H3/t9-,14+,17-/m1/s1. The van der Waals surface area contributed by atoms with E-state index in [4.69, 9.17) is 14.2 Å². The topological polar surface area (TPSA) is 102 Å². The second kappa shape index (κ2) is 6.74. The average molecular weight is 362 g/mol. The summed E-state index contributed by atoms with van der Waals surface area (Å²) in [6.45, 7) is 5.14. The molecule has 0 bridgehead atoms. The highest BCUT2D eigenvalue weighted by molar-refractivity contribution is 6.02. The van der Waals surface area contributed by atoms with Gasteiger partial charge in [0.2, 0.25) is 0 Å². The van der Waals surface area contributed by atoms with Crippen LogP contribution in [0.4, 0.5) is 0 Å². The minimum absolute atomic E-state index is 0.00751. The Morgan fingerprint density at radius 2 is 1.96 bits per heavy atom. The molecular formula is C19H22O7. The third-order valence-corrected chi connectivity index (χ3v) is 5.05. The molecule has 7 heteroatoms. The zero-order valence-electron chi connectivity index (χ0n) is 15.2. The molecule has 0 aromatic heterocycles. The van der Waals surface area contributed by atoms with Crippen LogP contribution in [0, 0.1) is 12.8 Å². The van der Waals surface area contributed by atoms with Gasteiger partial charge in [-0.25, -0.2) is 4.79 Å². The Balaban J connectivity index is 2.18. The molecule has 1 aliphatic heterocycles. The molecule has 1 aliphatic carbocycles. The monoisotopic (exact) mass is 362 g/mol. The summed E-state index contributed by atoms with van der Waals surface area (Å²) in [5.41, 5.74) is 1.31. The van der Waals surface area contributed by atoms with Gasteiger partial charge in [0.15, 0.2) is 17.6 Å². The number of Topliss-reactive ketones (excluding diaryl/α,β-unsaturated/α-hetero) is 1. The molecule has 0 radical (unpaired) electrons. The summed E-state index contributed by atoms with van der Waals surface area (Å²) in [6.07, 6.45) is -1.66. The summed E-state index contributed by atoms with van der Waals surface area (Å²) in [5, 5.41) is 20.4. The van der Waals surface area contributed by atoms with Crippen molar-refractivity contribution < 1.29 is 34.0 Å².